The standard InChI is InChI=1S/C18H25N3/c1-11-7-12(2)14(4)21(10-11)18-6-5-17(19)16-9-20-13(3)8-15(16)18/h5-6,8-9,11-12,14H,7,10,19H2,1-4H3. The Labute approximate surface area is 127 Å². The van der Waals surface area contributed by atoms with E-state index < -0.39 is 0 Å². The highest BCUT2D eigenvalue weighted by molar-refractivity contribution is 6.01. The molecule has 0 radical (unpaired) electrons. The average molecular weight is 283 g/mol. The van der Waals surface area contributed by atoms with Crippen molar-refractivity contribution in [3.05, 3.63) is 30.1 Å². The molecule has 3 heteroatoms. The van der Waals surface area contributed by atoms with Crippen LogP contribution >= 0.6 is 0 Å². The summed E-state index contributed by atoms with van der Waals surface area (Å²) in [6.07, 6.45) is 3.22. The third-order valence-electron chi connectivity index (χ3n) is 4.96. The van der Waals surface area contributed by atoms with E-state index in [0.717, 1.165) is 29.2 Å². The van der Waals surface area contributed by atoms with Crippen molar-refractivity contribution in [1.82, 2.24) is 4.98 Å². The van der Waals surface area contributed by atoms with E-state index >= 15 is 0 Å². The summed E-state index contributed by atoms with van der Waals surface area (Å²) in [7, 11) is 0. The van der Waals surface area contributed by atoms with Crippen LogP contribution in [0.3, 0.4) is 0 Å². The maximum absolute atomic E-state index is 6.14. The molecule has 0 saturated carbocycles. The molecular formula is C18H25N3. The van der Waals surface area contributed by atoms with Gasteiger partial charge in [0.1, 0.15) is 0 Å². The predicted octanol–water partition coefficient (Wildman–Crippen LogP) is 4.00. The van der Waals surface area contributed by atoms with Crippen molar-refractivity contribution in [1.29, 1.82) is 0 Å². The van der Waals surface area contributed by atoms with Crippen LogP contribution in [0.5, 0.6) is 0 Å². The summed E-state index contributed by atoms with van der Waals surface area (Å²) >= 11 is 0. The van der Waals surface area contributed by atoms with Crippen molar-refractivity contribution in [3.8, 4) is 0 Å². The van der Waals surface area contributed by atoms with E-state index in [0.29, 0.717) is 12.0 Å². The summed E-state index contributed by atoms with van der Waals surface area (Å²) in [5.74, 6) is 1.44. The molecule has 2 N–H and O–H groups in total. The number of aryl methyl sites for hydroxylation is 1. The molecule has 1 aliphatic rings. The molecule has 1 aliphatic heterocycles. The predicted molar refractivity (Wildman–Crippen MR) is 90.6 cm³/mol. The summed E-state index contributed by atoms with van der Waals surface area (Å²) < 4.78 is 0. The summed E-state index contributed by atoms with van der Waals surface area (Å²) in [6.45, 7) is 10.2. The number of nitrogens with zero attached hydrogens (tertiary/aromatic N) is 2. The maximum Gasteiger partial charge on any atom is 0.0451 e. The lowest BCUT2D eigenvalue weighted by Crippen LogP contribution is -2.45. The number of rotatable bonds is 1. The first kappa shape index (κ1) is 14.2. The highest BCUT2D eigenvalue weighted by Gasteiger charge is 2.29. The number of fused-ring (bicyclic) bond motifs is 1. The second kappa shape index (κ2) is 5.21. The number of benzene rings is 1. The highest BCUT2D eigenvalue weighted by Crippen LogP contribution is 2.37. The van der Waals surface area contributed by atoms with Crippen LogP contribution in [-0.4, -0.2) is 17.6 Å². The van der Waals surface area contributed by atoms with Gasteiger partial charge in [0.25, 0.3) is 0 Å². The van der Waals surface area contributed by atoms with E-state index in [1.807, 2.05) is 19.2 Å². The van der Waals surface area contributed by atoms with E-state index in [1.54, 1.807) is 0 Å². The van der Waals surface area contributed by atoms with Crippen molar-refractivity contribution in [2.75, 3.05) is 17.2 Å². The third kappa shape index (κ3) is 2.45. The fourth-order valence-electron chi connectivity index (χ4n) is 3.63. The van der Waals surface area contributed by atoms with Gasteiger partial charge < -0.3 is 10.6 Å². The molecule has 3 unspecified atom stereocenters. The Morgan fingerprint density at radius 1 is 1.19 bits per heavy atom. The quantitative estimate of drug-likeness (QED) is 0.804. The molecule has 1 saturated heterocycles. The van der Waals surface area contributed by atoms with Crippen LogP contribution in [-0.2, 0) is 0 Å². The van der Waals surface area contributed by atoms with Gasteiger partial charge in [0.15, 0.2) is 0 Å². The van der Waals surface area contributed by atoms with Crippen molar-refractivity contribution < 1.29 is 0 Å². The average Bonchev–Trinajstić information content (AvgIpc) is 2.43. The van der Waals surface area contributed by atoms with Crippen LogP contribution in [0.4, 0.5) is 11.4 Å². The minimum atomic E-state index is 0.557. The van der Waals surface area contributed by atoms with E-state index in [1.165, 1.54) is 17.5 Å². The molecule has 0 bridgehead atoms. The number of hydrogen-bond acceptors (Lipinski definition) is 3. The Balaban J connectivity index is 2.15. The Morgan fingerprint density at radius 2 is 1.95 bits per heavy atom. The Morgan fingerprint density at radius 3 is 2.71 bits per heavy atom. The van der Waals surface area contributed by atoms with Crippen LogP contribution in [0.2, 0.25) is 0 Å². The Hall–Kier alpha value is -1.77. The molecule has 0 spiro atoms. The van der Waals surface area contributed by atoms with Gasteiger partial charge in [0.05, 0.1) is 0 Å². The zero-order valence-corrected chi connectivity index (χ0v) is 13.4. The molecule has 3 rings (SSSR count). The molecule has 0 amide bonds. The van der Waals surface area contributed by atoms with Crippen molar-refractivity contribution >= 4 is 22.1 Å². The summed E-state index contributed by atoms with van der Waals surface area (Å²) in [5.41, 5.74) is 9.29. The second-order valence-electron chi connectivity index (χ2n) is 6.76. The minimum Gasteiger partial charge on any atom is -0.398 e. The third-order valence-corrected chi connectivity index (χ3v) is 4.96. The number of anilines is 2. The Bertz CT molecular complexity index is 665. The molecule has 2 aromatic rings. The number of aromatic nitrogens is 1. The van der Waals surface area contributed by atoms with E-state index in [2.05, 4.69) is 42.8 Å². The topological polar surface area (TPSA) is 42.1 Å². The summed E-state index contributed by atoms with van der Waals surface area (Å²) in [5, 5.41) is 2.30. The van der Waals surface area contributed by atoms with Crippen LogP contribution in [0, 0.1) is 18.8 Å². The van der Waals surface area contributed by atoms with Crippen LogP contribution in [0.15, 0.2) is 24.4 Å². The van der Waals surface area contributed by atoms with Crippen molar-refractivity contribution in [2.24, 2.45) is 11.8 Å². The number of hydrogen-bond donors (Lipinski definition) is 1. The number of pyridine rings is 1. The van der Waals surface area contributed by atoms with Gasteiger partial charge in [0.2, 0.25) is 0 Å². The molecule has 3 atom stereocenters. The zero-order chi connectivity index (χ0) is 15.1. The van der Waals surface area contributed by atoms with Crippen LogP contribution in [0.25, 0.3) is 10.8 Å². The van der Waals surface area contributed by atoms with E-state index in [-0.39, 0.29) is 0 Å². The number of piperidine rings is 1. The first-order valence-corrected chi connectivity index (χ1v) is 7.89. The highest BCUT2D eigenvalue weighted by atomic mass is 15.2. The number of nitrogens with two attached hydrogens (primary N) is 1. The van der Waals surface area contributed by atoms with Crippen molar-refractivity contribution in [2.45, 2.75) is 40.2 Å². The lowest BCUT2D eigenvalue weighted by Gasteiger charge is -2.43. The van der Waals surface area contributed by atoms with E-state index in [4.69, 9.17) is 5.73 Å². The van der Waals surface area contributed by atoms with Crippen LogP contribution < -0.4 is 10.6 Å². The van der Waals surface area contributed by atoms with Gasteiger partial charge in [-0.1, -0.05) is 13.8 Å². The SMILES string of the molecule is Cc1cc2c(N3CC(C)CC(C)C3C)ccc(N)c2cn1. The molecule has 21 heavy (non-hydrogen) atoms. The van der Waals surface area contributed by atoms with Gasteiger partial charge in [-0.2, -0.15) is 0 Å². The number of nitrogen functional groups attached to an aromatic ring is 1. The molecular weight excluding hydrogens is 258 g/mol. The smallest absolute Gasteiger partial charge is 0.0451 e. The molecule has 1 aromatic carbocycles. The lowest BCUT2D eigenvalue weighted by molar-refractivity contribution is 0.297. The zero-order valence-electron chi connectivity index (χ0n) is 13.4. The molecule has 1 fully saturated rings. The molecule has 2 heterocycles. The van der Waals surface area contributed by atoms with Gasteiger partial charge in [-0.3, -0.25) is 4.98 Å². The second-order valence-corrected chi connectivity index (χ2v) is 6.76. The van der Waals surface area contributed by atoms with Gasteiger partial charge in [0, 0.05) is 46.6 Å². The summed E-state index contributed by atoms with van der Waals surface area (Å²) in [6, 6.07) is 6.92. The van der Waals surface area contributed by atoms with Gasteiger partial charge in [-0.05, 0) is 50.3 Å². The van der Waals surface area contributed by atoms with Crippen LogP contribution in [0.1, 0.15) is 32.9 Å². The first-order chi connectivity index (χ1) is 9.97. The molecule has 3 nitrogen and oxygen atoms in total. The van der Waals surface area contributed by atoms with Gasteiger partial charge >= 0.3 is 0 Å². The van der Waals surface area contributed by atoms with Gasteiger partial charge in [-0.25, -0.2) is 0 Å². The monoisotopic (exact) mass is 283 g/mol. The van der Waals surface area contributed by atoms with Gasteiger partial charge in [-0.15, -0.1) is 0 Å². The Kier molecular flexibility index (Phi) is 3.52. The first-order valence-electron chi connectivity index (χ1n) is 7.89. The molecule has 112 valence electrons. The van der Waals surface area contributed by atoms with E-state index in [9.17, 15) is 0 Å². The maximum atomic E-state index is 6.14. The minimum absolute atomic E-state index is 0.557. The largest absolute Gasteiger partial charge is 0.398 e. The fraction of sp³-hybridized carbons (Fsp3) is 0.500. The normalized spacial score (nSPS) is 26.3. The van der Waals surface area contributed by atoms with Crippen molar-refractivity contribution in [3.63, 3.8) is 0 Å². The fourth-order valence-corrected chi connectivity index (χ4v) is 3.63. The lowest BCUT2D eigenvalue weighted by atomic mass is 9.85. The summed E-state index contributed by atoms with van der Waals surface area (Å²) in [4.78, 5) is 6.96. The molecule has 0 aliphatic carbocycles. The molecule has 1 aromatic heterocycles.